The van der Waals surface area contributed by atoms with E-state index in [2.05, 4.69) is 6.92 Å². The zero-order valence-electron chi connectivity index (χ0n) is 13.0. The predicted octanol–water partition coefficient (Wildman–Crippen LogP) is 2.65. The van der Waals surface area contributed by atoms with Gasteiger partial charge in [-0.05, 0) is 12.8 Å². The van der Waals surface area contributed by atoms with Crippen LogP contribution < -0.4 is 0 Å². The molecule has 1 aliphatic heterocycles. The molecule has 0 bridgehead atoms. The molecule has 2 rings (SSSR count). The molecule has 2 fully saturated rings. The first kappa shape index (κ1) is 16.5. The lowest BCUT2D eigenvalue weighted by Gasteiger charge is -2.46. The fourth-order valence-corrected chi connectivity index (χ4v) is 4.54. The maximum atomic E-state index is 12.8. The summed E-state index contributed by atoms with van der Waals surface area (Å²) in [6.45, 7) is 3.66. The summed E-state index contributed by atoms with van der Waals surface area (Å²) in [5.41, 5.74) is -0.491. The molecule has 1 atom stereocenters. The summed E-state index contributed by atoms with van der Waals surface area (Å²) >= 11 is 1.89. The molecule has 1 unspecified atom stereocenters. The van der Waals surface area contributed by atoms with Crippen molar-refractivity contribution in [2.75, 3.05) is 25.9 Å². The molecule has 1 N–H and O–H groups in total. The molecule has 21 heavy (non-hydrogen) atoms. The minimum absolute atomic E-state index is 0.00491. The second-order valence-electron chi connectivity index (χ2n) is 6.32. The summed E-state index contributed by atoms with van der Waals surface area (Å²) in [7, 11) is 1.79. The van der Waals surface area contributed by atoms with Crippen molar-refractivity contribution in [2.45, 2.75) is 56.2 Å². The Morgan fingerprint density at radius 2 is 2.00 bits per heavy atom. The van der Waals surface area contributed by atoms with E-state index in [1.165, 1.54) is 0 Å². The van der Waals surface area contributed by atoms with Gasteiger partial charge in [-0.1, -0.05) is 26.2 Å². The largest absolute Gasteiger partial charge is 0.481 e. The molecular weight excluding hydrogens is 288 g/mol. The van der Waals surface area contributed by atoms with Crippen LogP contribution >= 0.6 is 11.8 Å². The third-order valence-corrected chi connectivity index (χ3v) is 5.91. The lowest BCUT2D eigenvalue weighted by atomic mass is 9.78. The number of thioether (sulfide) groups is 1. The topological polar surface area (TPSA) is 60.9 Å². The Labute approximate surface area is 131 Å². The highest BCUT2D eigenvalue weighted by atomic mass is 32.2. The second kappa shape index (κ2) is 6.90. The monoisotopic (exact) mass is 314 g/mol. The molecule has 0 aromatic rings. The number of carboxylic acids is 1. The molecule has 2 aliphatic rings. The maximum absolute atomic E-state index is 12.8. The number of carbonyl (C=O) groups is 2. The number of nitrogens with zero attached hydrogens (tertiary/aromatic N) is 2. The van der Waals surface area contributed by atoms with Crippen molar-refractivity contribution in [1.29, 1.82) is 0 Å². The summed E-state index contributed by atoms with van der Waals surface area (Å²) in [6.07, 6.45) is 4.84. The molecule has 1 aliphatic carbocycles. The van der Waals surface area contributed by atoms with E-state index in [0.29, 0.717) is 5.25 Å². The molecule has 1 saturated heterocycles. The Morgan fingerprint density at radius 3 is 2.57 bits per heavy atom. The van der Waals surface area contributed by atoms with Crippen molar-refractivity contribution in [1.82, 2.24) is 9.80 Å². The molecule has 0 aromatic heterocycles. The Hall–Kier alpha value is -0.910. The zero-order chi connectivity index (χ0) is 15.5. The van der Waals surface area contributed by atoms with Gasteiger partial charge >= 0.3 is 12.0 Å². The lowest BCUT2D eigenvalue weighted by molar-refractivity contribution is -0.140. The number of hydrogen-bond acceptors (Lipinski definition) is 3. The van der Waals surface area contributed by atoms with Gasteiger partial charge in [0.25, 0.3) is 0 Å². The molecule has 2 amide bonds. The minimum Gasteiger partial charge on any atom is -0.481 e. The number of amides is 2. The number of carbonyl (C=O) groups excluding carboxylic acids is 1. The maximum Gasteiger partial charge on any atom is 0.320 e. The number of urea groups is 1. The first-order valence-electron chi connectivity index (χ1n) is 7.81. The summed E-state index contributed by atoms with van der Waals surface area (Å²) in [5, 5.41) is 9.72. The van der Waals surface area contributed by atoms with Crippen LogP contribution in [0.4, 0.5) is 4.79 Å². The van der Waals surface area contributed by atoms with E-state index < -0.39 is 11.5 Å². The van der Waals surface area contributed by atoms with E-state index in [9.17, 15) is 14.7 Å². The molecule has 0 spiro atoms. The third kappa shape index (κ3) is 3.84. The lowest BCUT2D eigenvalue weighted by Crippen LogP contribution is -2.57. The molecule has 0 aromatic carbocycles. The van der Waals surface area contributed by atoms with Crippen LogP contribution in [-0.2, 0) is 4.79 Å². The smallest absolute Gasteiger partial charge is 0.320 e. The average Bonchev–Trinajstić information content (AvgIpc) is 2.46. The van der Waals surface area contributed by atoms with Crippen molar-refractivity contribution in [3.8, 4) is 0 Å². The van der Waals surface area contributed by atoms with Crippen LogP contribution in [0.5, 0.6) is 0 Å². The highest BCUT2D eigenvalue weighted by Crippen LogP contribution is 2.36. The van der Waals surface area contributed by atoms with Crippen molar-refractivity contribution in [2.24, 2.45) is 0 Å². The molecule has 1 heterocycles. The quantitative estimate of drug-likeness (QED) is 0.870. The van der Waals surface area contributed by atoms with Crippen LogP contribution in [0.25, 0.3) is 0 Å². The highest BCUT2D eigenvalue weighted by molar-refractivity contribution is 7.99. The van der Waals surface area contributed by atoms with Gasteiger partial charge in [0, 0.05) is 31.1 Å². The standard InChI is InChI=1S/C15H26N2O3S/c1-12-11-17(8-9-21-12)14(20)16(2)15(10-13(18)19)6-4-3-5-7-15/h12H,3-11H2,1-2H3,(H,18,19). The number of hydrogen-bond donors (Lipinski definition) is 1. The van der Waals surface area contributed by atoms with Gasteiger partial charge in [0.2, 0.25) is 0 Å². The van der Waals surface area contributed by atoms with E-state index in [1.54, 1.807) is 11.9 Å². The third-order valence-electron chi connectivity index (χ3n) is 4.77. The van der Waals surface area contributed by atoms with Gasteiger partial charge in [0.1, 0.15) is 0 Å². The molecular formula is C15H26N2O3S. The van der Waals surface area contributed by atoms with Crippen LogP contribution in [0.3, 0.4) is 0 Å². The normalized spacial score (nSPS) is 25.4. The van der Waals surface area contributed by atoms with Gasteiger partial charge < -0.3 is 14.9 Å². The van der Waals surface area contributed by atoms with E-state index in [4.69, 9.17) is 0 Å². The van der Waals surface area contributed by atoms with Crippen molar-refractivity contribution < 1.29 is 14.7 Å². The van der Waals surface area contributed by atoms with Gasteiger partial charge in [-0.3, -0.25) is 4.79 Å². The summed E-state index contributed by atoms with van der Waals surface area (Å²) in [5.74, 6) is 0.159. The summed E-state index contributed by atoms with van der Waals surface area (Å²) in [6, 6.07) is 0.00491. The summed E-state index contributed by atoms with van der Waals surface area (Å²) < 4.78 is 0. The van der Waals surface area contributed by atoms with Crippen LogP contribution in [0, 0.1) is 0 Å². The van der Waals surface area contributed by atoms with E-state index >= 15 is 0 Å². The zero-order valence-corrected chi connectivity index (χ0v) is 13.8. The summed E-state index contributed by atoms with van der Waals surface area (Å²) in [4.78, 5) is 27.7. The fraction of sp³-hybridized carbons (Fsp3) is 0.867. The second-order valence-corrected chi connectivity index (χ2v) is 7.87. The van der Waals surface area contributed by atoms with Crippen molar-refractivity contribution in [3.05, 3.63) is 0 Å². The SMILES string of the molecule is CC1CN(C(=O)N(C)C2(CC(=O)O)CCCCC2)CCS1. The van der Waals surface area contributed by atoms with Crippen molar-refractivity contribution in [3.63, 3.8) is 0 Å². The van der Waals surface area contributed by atoms with Gasteiger partial charge in [0.05, 0.1) is 12.0 Å². The number of aliphatic carboxylic acids is 1. The molecule has 5 nitrogen and oxygen atoms in total. The number of carboxylic acid groups (broad SMARTS) is 1. The van der Waals surface area contributed by atoms with E-state index in [-0.39, 0.29) is 12.5 Å². The highest BCUT2D eigenvalue weighted by Gasteiger charge is 2.42. The van der Waals surface area contributed by atoms with Crippen LogP contribution in [-0.4, -0.2) is 63.6 Å². The Morgan fingerprint density at radius 1 is 1.33 bits per heavy atom. The van der Waals surface area contributed by atoms with Crippen molar-refractivity contribution >= 4 is 23.8 Å². The van der Waals surface area contributed by atoms with Crippen LogP contribution in [0.15, 0.2) is 0 Å². The Balaban J connectivity index is 2.11. The first-order chi connectivity index (χ1) is 9.94. The molecule has 6 heteroatoms. The average molecular weight is 314 g/mol. The molecule has 0 radical (unpaired) electrons. The molecule has 1 saturated carbocycles. The predicted molar refractivity (Wildman–Crippen MR) is 84.7 cm³/mol. The van der Waals surface area contributed by atoms with Gasteiger partial charge in [-0.2, -0.15) is 11.8 Å². The van der Waals surface area contributed by atoms with Gasteiger partial charge in [-0.15, -0.1) is 0 Å². The van der Waals surface area contributed by atoms with Crippen LogP contribution in [0.2, 0.25) is 0 Å². The van der Waals surface area contributed by atoms with Gasteiger partial charge in [0.15, 0.2) is 0 Å². The van der Waals surface area contributed by atoms with Gasteiger partial charge in [-0.25, -0.2) is 4.79 Å². The molecule has 120 valence electrons. The Kier molecular flexibility index (Phi) is 5.41. The minimum atomic E-state index is -0.806. The fourth-order valence-electron chi connectivity index (χ4n) is 3.53. The number of rotatable bonds is 3. The van der Waals surface area contributed by atoms with E-state index in [0.717, 1.165) is 50.9 Å². The first-order valence-corrected chi connectivity index (χ1v) is 8.86. The van der Waals surface area contributed by atoms with Crippen LogP contribution in [0.1, 0.15) is 45.4 Å². The Bertz CT molecular complexity index is 396. The van der Waals surface area contributed by atoms with E-state index in [1.807, 2.05) is 16.7 Å².